The van der Waals surface area contributed by atoms with Gasteiger partial charge >= 0.3 is 0 Å². The molecule has 1 atom stereocenters. The first-order chi connectivity index (χ1) is 6.88. The van der Waals surface area contributed by atoms with Gasteiger partial charge in [0.15, 0.2) is 0 Å². The Morgan fingerprint density at radius 2 is 2.29 bits per heavy atom. The number of aromatic nitrogens is 1. The van der Waals surface area contributed by atoms with Crippen LogP contribution in [0, 0.1) is 0 Å². The molecule has 0 bridgehead atoms. The van der Waals surface area contributed by atoms with Gasteiger partial charge in [0.1, 0.15) is 11.6 Å². The smallest absolute Gasteiger partial charge is 0.128 e. The predicted octanol–water partition coefficient (Wildman–Crippen LogP) is 2.04. The van der Waals surface area contributed by atoms with Crippen molar-refractivity contribution in [3.8, 4) is 0 Å². The second-order valence-corrected chi connectivity index (χ2v) is 4.51. The zero-order valence-electron chi connectivity index (χ0n) is 8.29. The van der Waals surface area contributed by atoms with Gasteiger partial charge in [-0.2, -0.15) is 11.8 Å². The van der Waals surface area contributed by atoms with Gasteiger partial charge in [0, 0.05) is 18.8 Å². The lowest BCUT2D eigenvalue weighted by Crippen LogP contribution is -2.18. The molecule has 14 heavy (non-hydrogen) atoms. The molecule has 2 N–H and O–H groups in total. The third kappa shape index (κ3) is 2.32. The summed E-state index contributed by atoms with van der Waals surface area (Å²) in [6.07, 6.45) is 1.25. The van der Waals surface area contributed by atoms with E-state index in [1.165, 1.54) is 17.9 Å². The molecule has 0 spiro atoms. The van der Waals surface area contributed by atoms with Gasteiger partial charge in [0.25, 0.3) is 0 Å². The Hall–Kier alpha value is -0.900. The molecule has 1 aromatic heterocycles. The monoisotopic (exact) mass is 209 g/mol. The van der Waals surface area contributed by atoms with Crippen molar-refractivity contribution in [1.82, 2.24) is 4.98 Å². The summed E-state index contributed by atoms with van der Waals surface area (Å²) in [6.45, 7) is 0. The number of thioether (sulfide) groups is 1. The average Bonchev–Trinajstić information content (AvgIpc) is 2.71. The maximum Gasteiger partial charge on any atom is 0.128 e. The van der Waals surface area contributed by atoms with Crippen LogP contribution in [0.5, 0.6) is 0 Å². The molecule has 0 amide bonds. The Morgan fingerprint density at radius 1 is 1.43 bits per heavy atom. The van der Waals surface area contributed by atoms with Crippen molar-refractivity contribution in [3.05, 3.63) is 18.2 Å². The third-order valence-corrected chi connectivity index (χ3v) is 3.45. The lowest BCUT2D eigenvalue weighted by molar-refractivity contribution is 0.807. The summed E-state index contributed by atoms with van der Waals surface area (Å²) in [5, 5.41) is 6.48. The molecule has 0 aromatic carbocycles. The molecule has 0 saturated carbocycles. The number of hydrogen-bond donors (Lipinski definition) is 2. The van der Waals surface area contributed by atoms with Gasteiger partial charge in [-0.15, -0.1) is 0 Å². The van der Waals surface area contributed by atoms with Crippen molar-refractivity contribution in [1.29, 1.82) is 0 Å². The molecule has 1 unspecified atom stereocenters. The molecule has 1 aliphatic heterocycles. The Morgan fingerprint density at radius 3 is 3.00 bits per heavy atom. The van der Waals surface area contributed by atoms with Crippen molar-refractivity contribution in [3.63, 3.8) is 0 Å². The van der Waals surface area contributed by atoms with Crippen LogP contribution in [0.15, 0.2) is 18.2 Å². The van der Waals surface area contributed by atoms with E-state index in [2.05, 4.69) is 15.6 Å². The number of anilines is 2. The average molecular weight is 209 g/mol. The van der Waals surface area contributed by atoms with Gasteiger partial charge in [-0.3, -0.25) is 0 Å². The first-order valence-electron chi connectivity index (χ1n) is 4.87. The van der Waals surface area contributed by atoms with Gasteiger partial charge in [-0.1, -0.05) is 6.07 Å². The van der Waals surface area contributed by atoms with Crippen LogP contribution < -0.4 is 10.6 Å². The summed E-state index contributed by atoms with van der Waals surface area (Å²) in [4.78, 5) is 4.42. The van der Waals surface area contributed by atoms with Gasteiger partial charge in [0.2, 0.25) is 0 Å². The van der Waals surface area contributed by atoms with E-state index < -0.39 is 0 Å². The van der Waals surface area contributed by atoms with Crippen molar-refractivity contribution in [2.24, 2.45) is 0 Å². The van der Waals surface area contributed by atoms with Gasteiger partial charge in [-0.25, -0.2) is 4.98 Å². The van der Waals surface area contributed by atoms with E-state index in [1.54, 1.807) is 0 Å². The Kier molecular flexibility index (Phi) is 3.14. The number of nitrogens with one attached hydrogen (secondary N) is 2. The second kappa shape index (κ2) is 4.55. The first kappa shape index (κ1) is 9.65. The van der Waals surface area contributed by atoms with Crippen LogP contribution >= 0.6 is 11.8 Å². The zero-order valence-corrected chi connectivity index (χ0v) is 9.10. The lowest BCUT2D eigenvalue weighted by atomic mass is 10.2. The van der Waals surface area contributed by atoms with Crippen molar-refractivity contribution < 1.29 is 0 Å². The first-order valence-corrected chi connectivity index (χ1v) is 6.03. The molecule has 3 nitrogen and oxygen atoms in total. The summed E-state index contributed by atoms with van der Waals surface area (Å²) in [6, 6.07) is 6.60. The van der Waals surface area contributed by atoms with Crippen LogP contribution in [0.2, 0.25) is 0 Å². The molecule has 4 heteroatoms. The molecule has 1 aromatic rings. The summed E-state index contributed by atoms with van der Waals surface area (Å²) < 4.78 is 0. The number of nitrogens with zero attached hydrogens (tertiary/aromatic N) is 1. The van der Waals surface area contributed by atoms with Crippen LogP contribution in [0.25, 0.3) is 0 Å². The molecule has 1 aliphatic rings. The van der Waals surface area contributed by atoms with E-state index in [0.717, 1.165) is 11.6 Å². The molecule has 0 aliphatic carbocycles. The summed E-state index contributed by atoms with van der Waals surface area (Å²) in [5.41, 5.74) is 0. The minimum atomic E-state index is 0.597. The van der Waals surface area contributed by atoms with E-state index >= 15 is 0 Å². The summed E-state index contributed by atoms with van der Waals surface area (Å²) in [7, 11) is 1.89. The molecule has 2 rings (SSSR count). The third-order valence-electron chi connectivity index (χ3n) is 2.29. The van der Waals surface area contributed by atoms with Crippen LogP contribution in [-0.2, 0) is 0 Å². The fourth-order valence-electron chi connectivity index (χ4n) is 1.51. The topological polar surface area (TPSA) is 37.0 Å². The van der Waals surface area contributed by atoms with E-state index in [-0.39, 0.29) is 0 Å². The van der Waals surface area contributed by atoms with Crippen LogP contribution in [0.4, 0.5) is 11.6 Å². The molecule has 76 valence electrons. The van der Waals surface area contributed by atoms with E-state index in [4.69, 9.17) is 0 Å². The number of pyridine rings is 1. The maximum absolute atomic E-state index is 4.42. The van der Waals surface area contributed by atoms with E-state index in [0.29, 0.717) is 6.04 Å². The highest BCUT2D eigenvalue weighted by Gasteiger charge is 2.15. The summed E-state index contributed by atoms with van der Waals surface area (Å²) in [5.74, 6) is 4.36. The van der Waals surface area contributed by atoms with E-state index in [9.17, 15) is 0 Å². The molecular weight excluding hydrogens is 194 g/mol. The highest BCUT2D eigenvalue weighted by atomic mass is 32.2. The van der Waals surface area contributed by atoms with Crippen LogP contribution in [0.3, 0.4) is 0 Å². The van der Waals surface area contributed by atoms with Gasteiger partial charge in [0.05, 0.1) is 0 Å². The minimum Gasteiger partial charge on any atom is -0.373 e. The fourth-order valence-corrected chi connectivity index (χ4v) is 2.66. The Balaban J connectivity index is 2.00. The van der Waals surface area contributed by atoms with Crippen LogP contribution in [0.1, 0.15) is 6.42 Å². The van der Waals surface area contributed by atoms with E-state index in [1.807, 2.05) is 37.0 Å². The maximum atomic E-state index is 4.42. The molecule has 1 saturated heterocycles. The highest BCUT2D eigenvalue weighted by molar-refractivity contribution is 7.99. The fraction of sp³-hybridized carbons (Fsp3) is 0.500. The van der Waals surface area contributed by atoms with Crippen molar-refractivity contribution in [2.45, 2.75) is 12.5 Å². The standard InChI is InChI=1S/C10H15N3S/c1-11-9-3-2-4-10(13-9)12-8-5-6-14-7-8/h2-4,8H,5-7H2,1H3,(H2,11,12,13). The van der Waals surface area contributed by atoms with Crippen molar-refractivity contribution in [2.75, 3.05) is 29.2 Å². The second-order valence-electron chi connectivity index (χ2n) is 3.36. The SMILES string of the molecule is CNc1cccc(NC2CCSC2)n1. The molecular formula is C10H15N3S. The lowest BCUT2D eigenvalue weighted by Gasteiger charge is -2.12. The molecule has 1 fully saturated rings. The number of hydrogen-bond acceptors (Lipinski definition) is 4. The zero-order chi connectivity index (χ0) is 9.80. The van der Waals surface area contributed by atoms with Crippen LogP contribution in [-0.4, -0.2) is 29.6 Å². The summed E-state index contributed by atoms with van der Waals surface area (Å²) >= 11 is 2.01. The Labute approximate surface area is 88.7 Å². The molecule has 0 radical (unpaired) electrons. The number of rotatable bonds is 3. The van der Waals surface area contributed by atoms with Gasteiger partial charge in [-0.05, 0) is 24.3 Å². The van der Waals surface area contributed by atoms with Crippen molar-refractivity contribution >= 4 is 23.4 Å². The normalized spacial score (nSPS) is 20.8. The highest BCUT2D eigenvalue weighted by Crippen LogP contribution is 2.20. The van der Waals surface area contributed by atoms with Gasteiger partial charge < -0.3 is 10.6 Å². The largest absolute Gasteiger partial charge is 0.373 e. The predicted molar refractivity (Wildman–Crippen MR) is 63.1 cm³/mol. The Bertz CT molecular complexity index is 297. The molecule has 2 heterocycles. The minimum absolute atomic E-state index is 0.597. The quantitative estimate of drug-likeness (QED) is 0.799.